The van der Waals surface area contributed by atoms with E-state index in [0.717, 1.165) is 0 Å². The van der Waals surface area contributed by atoms with E-state index >= 15 is 0 Å². The van der Waals surface area contributed by atoms with Crippen LogP contribution < -0.4 is 0 Å². The van der Waals surface area contributed by atoms with Crippen LogP contribution in [0, 0.1) is 5.92 Å². The summed E-state index contributed by atoms with van der Waals surface area (Å²) in [5.41, 5.74) is 2.89. The van der Waals surface area contributed by atoms with E-state index in [4.69, 9.17) is 0 Å². The minimum absolute atomic E-state index is 0.255. The molecular weight excluding hydrogens is 163 g/mol. The van der Waals surface area contributed by atoms with Crippen molar-refractivity contribution in [3.8, 4) is 0 Å². The third kappa shape index (κ3) is 1.38. The maximum absolute atomic E-state index is 2.37. The quantitative estimate of drug-likeness (QED) is 0.610. The third-order valence-corrected chi connectivity index (χ3v) is 3.79. The zero-order valence-corrected chi connectivity index (χ0v) is 9.25. The Morgan fingerprint density at radius 3 is 2.79 bits per heavy atom. The first-order chi connectivity index (χ1) is 6.68. The van der Waals surface area contributed by atoms with Crippen molar-refractivity contribution in [2.24, 2.45) is 5.92 Å². The Morgan fingerprint density at radius 1 is 1.36 bits per heavy atom. The van der Waals surface area contributed by atoms with Gasteiger partial charge in [-0.1, -0.05) is 0 Å². The van der Waals surface area contributed by atoms with Gasteiger partial charge in [0.25, 0.3) is 0 Å². The van der Waals surface area contributed by atoms with E-state index in [2.05, 4.69) is 68.0 Å². The van der Waals surface area contributed by atoms with Gasteiger partial charge >= 0.3 is 95.5 Å². The molecule has 0 bridgehead atoms. The SMILES string of the molecule is [Li][C]1(C(C)CC)C=Cc2ccccc21. The van der Waals surface area contributed by atoms with Crippen molar-refractivity contribution in [2.75, 3.05) is 0 Å². The molecule has 0 fully saturated rings. The molecule has 0 radical (unpaired) electrons. The molecule has 0 aromatic heterocycles. The Morgan fingerprint density at radius 2 is 2.07 bits per heavy atom. The van der Waals surface area contributed by atoms with E-state index in [9.17, 15) is 0 Å². The van der Waals surface area contributed by atoms with E-state index in [1.165, 1.54) is 17.5 Å². The molecule has 0 saturated carbocycles. The molecule has 2 unspecified atom stereocenters. The van der Waals surface area contributed by atoms with Crippen molar-refractivity contribution in [3.63, 3.8) is 0 Å². The van der Waals surface area contributed by atoms with E-state index < -0.39 is 0 Å². The van der Waals surface area contributed by atoms with Crippen LogP contribution in [0.15, 0.2) is 30.3 Å². The normalized spacial score (nSPS) is 26.3. The number of benzene rings is 1. The summed E-state index contributed by atoms with van der Waals surface area (Å²) in [6.45, 7) is 4.61. The molecule has 0 N–H and O–H groups in total. The summed E-state index contributed by atoms with van der Waals surface area (Å²) in [5.74, 6) is 0.711. The van der Waals surface area contributed by atoms with Crippen LogP contribution in [-0.4, -0.2) is 17.7 Å². The third-order valence-electron chi connectivity index (χ3n) is 3.79. The Bertz CT molecular complexity index is 367. The first-order valence-electron chi connectivity index (χ1n) is 5.47. The fraction of sp³-hybridized carbons (Fsp3) is 0.385. The summed E-state index contributed by atoms with van der Waals surface area (Å²) < 4.78 is 0.255. The molecule has 14 heavy (non-hydrogen) atoms. The van der Waals surface area contributed by atoms with Gasteiger partial charge < -0.3 is 0 Å². The van der Waals surface area contributed by atoms with E-state index in [1.807, 2.05) is 0 Å². The molecule has 1 aromatic carbocycles. The van der Waals surface area contributed by atoms with Gasteiger partial charge in [-0.05, 0) is 0 Å². The summed E-state index contributed by atoms with van der Waals surface area (Å²) in [6.07, 6.45) is 5.86. The zero-order valence-electron chi connectivity index (χ0n) is 9.25. The molecule has 0 amide bonds. The molecule has 1 heteroatoms. The topological polar surface area (TPSA) is 0 Å². The van der Waals surface area contributed by atoms with Crippen molar-refractivity contribution in [1.29, 1.82) is 0 Å². The average Bonchev–Trinajstić information content (AvgIpc) is 2.58. The second-order valence-corrected chi connectivity index (χ2v) is 4.51. The summed E-state index contributed by atoms with van der Waals surface area (Å²) in [7, 11) is 0. The summed E-state index contributed by atoms with van der Waals surface area (Å²) in [6, 6.07) is 8.74. The predicted molar refractivity (Wildman–Crippen MR) is 62.4 cm³/mol. The van der Waals surface area contributed by atoms with E-state index in [-0.39, 0.29) is 4.09 Å². The summed E-state index contributed by atoms with van der Waals surface area (Å²) >= 11 is 2.35. The van der Waals surface area contributed by atoms with Gasteiger partial charge in [-0.3, -0.25) is 0 Å². The van der Waals surface area contributed by atoms with Crippen LogP contribution in [0.3, 0.4) is 0 Å². The molecule has 2 rings (SSSR count). The van der Waals surface area contributed by atoms with Crippen molar-refractivity contribution < 1.29 is 0 Å². The van der Waals surface area contributed by atoms with Gasteiger partial charge in [0.2, 0.25) is 0 Å². The van der Waals surface area contributed by atoms with Gasteiger partial charge in [0.15, 0.2) is 0 Å². The number of rotatable bonds is 2. The van der Waals surface area contributed by atoms with Crippen LogP contribution in [-0.2, 0) is 4.09 Å². The van der Waals surface area contributed by atoms with Gasteiger partial charge in [-0.2, -0.15) is 0 Å². The molecule has 0 heterocycles. The van der Waals surface area contributed by atoms with Gasteiger partial charge in [-0.25, -0.2) is 0 Å². The van der Waals surface area contributed by atoms with Crippen molar-refractivity contribution in [2.45, 2.75) is 24.4 Å². The second kappa shape index (κ2) is 3.61. The van der Waals surface area contributed by atoms with Crippen LogP contribution in [0.5, 0.6) is 0 Å². The van der Waals surface area contributed by atoms with Gasteiger partial charge in [0, 0.05) is 0 Å². The Hall–Kier alpha value is -0.443. The Labute approximate surface area is 95.6 Å². The fourth-order valence-corrected chi connectivity index (χ4v) is 2.34. The molecule has 1 aromatic rings. The number of allylic oxidation sites excluding steroid dienone is 1. The number of fused-ring (bicyclic) bond motifs is 1. The molecular formula is C13H15Li. The van der Waals surface area contributed by atoms with Crippen LogP contribution in [0.25, 0.3) is 6.08 Å². The van der Waals surface area contributed by atoms with Gasteiger partial charge in [-0.15, -0.1) is 0 Å². The van der Waals surface area contributed by atoms with Crippen LogP contribution in [0.4, 0.5) is 0 Å². The molecule has 1 aliphatic rings. The molecule has 68 valence electrons. The predicted octanol–water partition coefficient (Wildman–Crippen LogP) is 3.12. The molecule has 0 saturated heterocycles. The van der Waals surface area contributed by atoms with Crippen molar-refractivity contribution >= 4 is 23.8 Å². The number of hydrogen-bond acceptors (Lipinski definition) is 0. The molecule has 0 aliphatic heterocycles. The van der Waals surface area contributed by atoms with Crippen molar-refractivity contribution in [1.82, 2.24) is 0 Å². The zero-order chi connectivity index (χ0) is 10.2. The fourth-order valence-electron chi connectivity index (χ4n) is 2.34. The standard InChI is InChI=1S/C13H15.Li/c1-3-10(2)12-9-8-11-6-4-5-7-13(11)12;/h4-10H,3H2,1-2H3;. The van der Waals surface area contributed by atoms with Gasteiger partial charge in [0.05, 0.1) is 0 Å². The first kappa shape index (κ1) is 10.1. The van der Waals surface area contributed by atoms with E-state index in [0.29, 0.717) is 5.92 Å². The Kier molecular flexibility index (Phi) is 2.60. The van der Waals surface area contributed by atoms with Crippen molar-refractivity contribution in [3.05, 3.63) is 41.5 Å². The summed E-state index contributed by atoms with van der Waals surface area (Å²) in [4.78, 5) is 0. The van der Waals surface area contributed by atoms with Crippen LogP contribution in [0.1, 0.15) is 31.4 Å². The first-order valence-corrected chi connectivity index (χ1v) is 5.47. The molecule has 0 spiro atoms. The monoisotopic (exact) mass is 178 g/mol. The molecule has 2 atom stereocenters. The number of hydrogen-bond donors (Lipinski definition) is 0. The maximum atomic E-state index is 2.37. The van der Waals surface area contributed by atoms with E-state index in [1.54, 1.807) is 0 Å². The average molecular weight is 178 g/mol. The molecule has 0 nitrogen and oxygen atoms in total. The van der Waals surface area contributed by atoms with Crippen LogP contribution in [0.2, 0.25) is 0 Å². The van der Waals surface area contributed by atoms with Gasteiger partial charge in [0.1, 0.15) is 0 Å². The Balaban J connectivity index is 2.47. The van der Waals surface area contributed by atoms with Crippen LogP contribution >= 0.6 is 0 Å². The second-order valence-electron chi connectivity index (χ2n) is 4.51. The molecule has 1 aliphatic carbocycles. The minimum atomic E-state index is 0.255. The summed E-state index contributed by atoms with van der Waals surface area (Å²) in [5, 5.41) is 0.